The Kier molecular flexibility index (Phi) is 24.2. The van der Waals surface area contributed by atoms with E-state index >= 15 is 0 Å². The number of hydrogen-bond acceptors (Lipinski definition) is 4. The van der Waals surface area contributed by atoms with Gasteiger partial charge < -0.3 is 0 Å². The van der Waals surface area contributed by atoms with Crippen LogP contribution in [-0.4, -0.2) is 44.9 Å². The molecule has 0 N–H and O–H groups in total. The average Bonchev–Trinajstić information content (AvgIpc) is 2.81. The van der Waals surface area contributed by atoms with E-state index in [2.05, 4.69) is 27.7 Å². The first kappa shape index (κ1) is 32.5. The summed E-state index contributed by atoms with van der Waals surface area (Å²) in [5.74, 6) is -0.571. The van der Waals surface area contributed by atoms with Crippen LogP contribution in [0.3, 0.4) is 0 Å². The second-order valence-corrected chi connectivity index (χ2v) is 18.5. The Balaban J connectivity index is 4.85. The summed E-state index contributed by atoms with van der Waals surface area (Å²) in [6.45, 7) is 9.73. The van der Waals surface area contributed by atoms with Crippen molar-refractivity contribution >= 4 is 31.7 Å². The van der Waals surface area contributed by atoms with Crippen molar-refractivity contribution in [1.29, 1.82) is 0 Å². The average molecular weight is 573 g/mol. The summed E-state index contributed by atoms with van der Waals surface area (Å²) in [5, 5.41) is 0. The molecule has 4 nitrogen and oxygen atoms in total. The molecule has 0 aromatic carbocycles. The maximum atomic E-state index is 13.0. The Morgan fingerprint density at radius 3 is 1.48 bits per heavy atom. The summed E-state index contributed by atoms with van der Waals surface area (Å²) in [6.07, 6.45) is 20.0. The second kappa shape index (κ2) is 24.6. The standard InChI is InChI=1S/C20H35O4.2C4H9.Sn.H/c1-3-5-7-9-11-13-17-23-19(21)15-16-20(22)24-18-14-12-10-8-6-4-2;2*1-3-4-2;;/h15H,3-14,17-18H2,1-2H3;2*1,3-4H2,2H3;;. The van der Waals surface area contributed by atoms with Crippen LogP contribution in [0, 0.1) is 0 Å². The first-order valence-electron chi connectivity index (χ1n) is 14.2. The van der Waals surface area contributed by atoms with Crippen LogP contribution >= 0.6 is 0 Å². The quantitative estimate of drug-likeness (QED) is 0.0537. The second-order valence-electron chi connectivity index (χ2n) is 9.42. The van der Waals surface area contributed by atoms with Gasteiger partial charge in [-0.15, -0.1) is 0 Å². The zero-order valence-electron chi connectivity index (χ0n) is 22.4. The topological polar surface area (TPSA) is 52.6 Å². The van der Waals surface area contributed by atoms with Gasteiger partial charge in [0, 0.05) is 0 Å². The van der Waals surface area contributed by atoms with E-state index in [9.17, 15) is 9.59 Å². The molecule has 33 heavy (non-hydrogen) atoms. The Hall–Kier alpha value is -0.521. The first-order chi connectivity index (χ1) is 16.1. The summed E-state index contributed by atoms with van der Waals surface area (Å²) in [6, 6.07) is 0. The molecule has 194 valence electrons. The van der Waals surface area contributed by atoms with E-state index in [4.69, 9.17) is 9.47 Å². The number of rotatable bonds is 23. The Bertz CT molecular complexity index is 496. The third-order valence-electron chi connectivity index (χ3n) is 6.23. The Labute approximate surface area is 212 Å². The minimum atomic E-state index is -2.38. The maximum absolute atomic E-state index is 13.0. The van der Waals surface area contributed by atoms with Gasteiger partial charge in [-0.2, -0.15) is 0 Å². The van der Waals surface area contributed by atoms with E-state index in [1.54, 1.807) is 0 Å². The van der Waals surface area contributed by atoms with Crippen LogP contribution in [0.25, 0.3) is 0 Å². The molecule has 0 fully saturated rings. The van der Waals surface area contributed by atoms with Crippen LogP contribution < -0.4 is 0 Å². The molecule has 0 spiro atoms. The van der Waals surface area contributed by atoms with Crippen LogP contribution in [0.5, 0.6) is 0 Å². The molecular weight excluding hydrogens is 519 g/mol. The fourth-order valence-electron chi connectivity index (χ4n) is 4.05. The summed E-state index contributed by atoms with van der Waals surface area (Å²) in [7, 11) is 0. The van der Waals surface area contributed by atoms with Gasteiger partial charge >= 0.3 is 213 Å². The van der Waals surface area contributed by atoms with Gasteiger partial charge in [-0.1, -0.05) is 0 Å². The minimum absolute atomic E-state index is 0.229. The van der Waals surface area contributed by atoms with Crippen molar-refractivity contribution in [2.75, 3.05) is 13.2 Å². The van der Waals surface area contributed by atoms with E-state index in [1.807, 2.05) is 0 Å². The third kappa shape index (κ3) is 19.5. The predicted molar refractivity (Wildman–Crippen MR) is 143 cm³/mol. The van der Waals surface area contributed by atoms with Crippen LogP contribution in [-0.2, 0) is 19.1 Å². The molecule has 0 saturated carbocycles. The van der Waals surface area contributed by atoms with Gasteiger partial charge in [0.05, 0.1) is 0 Å². The summed E-state index contributed by atoms with van der Waals surface area (Å²) in [5.41, 5.74) is 0. The number of unbranched alkanes of at least 4 members (excludes halogenated alkanes) is 12. The van der Waals surface area contributed by atoms with Crippen molar-refractivity contribution in [3.63, 3.8) is 0 Å². The van der Waals surface area contributed by atoms with Crippen molar-refractivity contribution in [2.45, 2.75) is 139 Å². The molecule has 0 atom stereocenters. The molecule has 0 rings (SSSR count). The number of esters is 2. The zero-order valence-corrected chi connectivity index (χ0v) is 25.7. The van der Waals surface area contributed by atoms with E-state index in [0.29, 0.717) is 13.2 Å². The van der Waals surface area contributed by atoms with Crippen molar-refractivity contribution in [3.8, 4) is 0 Å². The normalized spacial score (nSPS) is 11.7. The third-order valence-corrected chi connectivity index (χ3v) is 16.2. The molecule has 0 aromatic heterocycles. The monoisotopic (exact) mass is 574 g/mol. The fourth-order valence-corrected chi connectivity index (χ4v) is 14.0. The van der Waals surface area contributed by atoms with Gasteiger partial charge in [0.1, 0.15) is 0 Å². The van der Waals surface area contributed by atoms with Crippen molar-refractivity contribution < 1.29 is 19.1 Å². The van der Waals surface area contributed by atoms with Gasteiger partial charge in [0.15, 0.2) is 0 Å². The predicted octanol–water partition coefficient (Wildman–Crippen LogP) is 8.09. The molecule has 0 unspecified atom stereocenters. The molecule has 5 heteroatoms. The molecule has 0 aliphatic heterocycles. The van der Waals surface area contributed by atoms with Crippen LogP contribution in [0.15, 0.2) is 9.67 Å². The van der Waals surface area contributed by atoms with Crippen LogP contribution in [0.2, 0.25) is 8.87 Å². The number of hydrogen-bond donors (Lipinski definition) is 0. The first-order valence-corrected chi connectivity index (χ1v) is 20.5. The molecule has 0 aromatic rings. The number of ether oxygens (including phenoxy) is 2. The Morgan fingerprint density at radius 1 is 0.576 bits per heavy atom. The molecule has 0 bridgehead atoms. The van der Waals surface area contributed by atoms with E-state index < -0.39 is 19.8 Å². The number of carbonyl (C=O) groups is 2. The Morgan fingerprint density at radius 2 is 1.00 bits per heavy atom. The van der Waals surface area contributed by atoms with E-state index in [0.717, 1.165) is 63.8 Å². The van der Waals surface area contributed by atoms with Crippen LogP contribution in [0.4, 0.5) is 0 Å². The molecule has 0 saturated heterocycles. The van der Waals surface area contributed by atoms with Crippen LogP contribution in [0.1, 0.15) is 130 Å². The SMILES string of the molecule is CCCCCCCCOC(=O)/C=[C](\C(=O)OCCCCCCCC)[SnH]([CH2]CCC)[CH2]CCC. The van der Waals surface area contributed by atoms with Gasteiger partial charge in [-0.05, 0) is 0 Å². The zero-order chi connectivity index (χ0) is 24.6. The van der Waals surface area contributed by atoms with Crippen molar-refractivity contribution in [2.24, 2.45) is 0 Å². The van der Waals surface area contributed by atoms with Gasteiger partial charge in [-0.3, -0.25) is 0 Å². The molecule has 0 amide bonds. The van der Waals surface area contributed by atoms with E-state index in [-0.39, 0.29) is 11.9 Å². The van der Waals surface area contributed by atoms with E-state index in [1.165, 1.54) is 57.4 Å². The summed E-state index contributed by atoms with van der Waals surface area (Å²) < 4.78 is 14.1. The molecule has 0 aliphatic carbocycles. The van der Waals surface area contributed by atoms with Gasteiger partial charge in [-0.25, -0.2) is 0 Å². The summed E-state index contributed by atoms with van der Waals surface area (Å²) in [4.78, 5) is 25.6. The number of carbonyl (C=O) groups excluding carboxylic acids is 2. The van der Waals surface area contributed by atoms with Gasteiger partial charge in [0.2, 0.25) is 0 Å². The fraction of sp³-hybridized carbons (Fsp3) is 0.857. The molecular formula is C28H54O4Sn. The van der Waals surface area contributed by atoms with Gasteiger partial charge in [0.25, 0.3) is 0 Å². The molecule has 0 aliphatic rings. The van der Waals surface area contributed by atoms with Crippen molar-refractivity contribution in [3.05, 3.63) is 9.67 Å². The van der Waals surface area contributed by atoms with Crippen molar-refractivity contribution in [1.82, 2.24) is 0 Å². The molecule has 0 heterocycles. The molecule has 0 radical (unpaired) electrons. The summed E-state index contributed by atoms with van der Waals surface area (Å²) >= 11 is -2.38.